The van der Waals surface area contributed by atoms with Gasteiger partial charge in [0.1, 0.15) is 23.2 Å². The van der Waals surface area contributed by atoms with E-state index in [-0.39, 0.29) is 11.6 Å². The summed E-state index contributed by atoms with van der Waals surface area (Å²) in [5.74, 6) is -0.232. The second-order valence-electron chi connectivity index (χ2n) is 8.44. The van der Waals surface area contributed by atoms with E-state index in [1.54, 1.807) is 31.5 Å². The van der Waals surface area contributed by atoms with Crippen LogP contribution in [0.4, 0.5) is 14.5 Å². The molecule has 2 aromatic carbocycles. The Balaban J connectivity index is 1.45. The van der Waals surface area contributed by atoms with Gasteiger partial charge in [0.2, 0.25) is 0 Å². The first-order valence-corrected chi connectivity index (χ1v) is 10.9. The zero-order valence-corrected chi connectivity index (χ0v) is 18.5. The van der Waals surface area contributed by atoms with Crippen LogP contribution < -0.4 is 20.9 Å². The largest absolute Gasteiger partial charge is 0.495 e. The molecule has 0 amide bonds. The molecule has 7 nitrogen and oxygen atoms in total. The molecule has 1 saturated heterocycles. The van der Waals surface area contributed by atoms with Gasteiger partial charge in [-0.15, -0.1) is 0 Å². The van der Waals surface area contributed by atoms with E-state index in [0.717, 1.165) is 30.3 Å². The first-order chi connectivity index (χ1) is 16.4. The molecule has 3 heterocycles. The van der Waals surface area contributed by atoms with Crippen molar-refractivity contribution in [1.82, 2.24) is 15.0 Å². The van der Waals surface area contributed by atoms with Gasteiger partial charge >= 0.3 is 0 Å². The number of fused-ring (bicyclic) bond motifs is 1. The Bertz CT molecular complexity index is 1400. The molecule has 3 N–H and O–H groups in total. The summed E-state index contributed by atoms with van der Waals surface area (Å²) in [4.78, 5) is 26.7. The molecule has 1 aliphatic heterocycles. The van der Waals surface area contributed by atoms with Crippen LogP contribution in [-0.2, 0) is 6.42 Å². The maximum atomic E-state index is 13.5. The number of anilines is 1. The number of nitrogens with two attached hydrogens (primary N) is 1. The fraction of sp³-hybridized carbons (Fsp3) is 0.240. The number of benzene rings is 2. The van der Waals surface area contributed by atoms with Crippen LogP contribution in [0.2, 0.25) is 0 Å². The Labute approximate surface area is 194 Å². The number of hydrogen-bond acceptors (Lipinski definition) is 6. The number of nitrogens with zero attached hydrogens (tertiary/aromatic N) is 3. The van der Waals surface area contributed by atoms with E-state index in [1.807, 2.05) is 6.07 Å². The van der Waals surface area contributed by atoms with Crippen molar-refractivity contribution in [3.63, 3.8) is 0 Å². The predicted molar refractivity (Wildman–Crippen MR) is 126 cm³/mol. The molecule has 2 aromatic heterocycles. The highest BCUT2D eigenvalue weighted by Gasteiger charge is 2.23. The number of halogens is 2. The maximum Gasteiger partial charge on any atom is 0.258 e. The lowest BCUT2D eigenvalue weighted by Gasteiger charge is -2.21. The Morgan fingerprint density at radius 2 is 1.97 bits per heavy atom. The maximum absolute atomic E-state index is 13.5. The molecule has 0 bridgehead atoms. The Morgan fingerprint density at radius 1 is 1.18 bits per heavy atom. The summed E-state index contributed by atoms with van der Waals surface area (Å²) in [5.41, 5.74) is 8.82. The van der Waals surface area contributed by atoms with Crippen LogP contribution in [0, 0.1) is 11.6 Å². The second kappa shape index (κ2) is 8.83. The van der Waals surface area contributed by atoms with Gasteiger partial charge in [0.05, 0.1) is 29.4 Å². The fourth-order valence-corrected chi connectivity index (χ4v) is 4.30. The molecule has 0 unspecified atom stereocenters. The molecule has 174 valence electrons. The number of pyridine rings is 1. The van der Waals surface area contributed by atoms with Crippen molar-refractivity contribution < 1.29 is 13.5 Å². The average Bonchev–Trinajstić information content (AvgIpc) is 3.24. The van der Waals surface area contributed by atoms with Crippen molar-refractivity contribution in [2.24, 2.45) is 5.73 Å². The highest BCUT2D eigenvalue weighted by Crippen LogP contribution is 2.33. The standard InChI is InChI=1S/C25H23F2N5O2/c1-34-23-10-19-21(11-22(23)32-5-4-18(28)13-32)30-24(31-25(19)33)6-14-2-3-20(29-12-14)15-7-16(26)9-17(27)8-15/h2-3,7-12,18H,4-6,13,28H2,1H3,(H,30,31,33)/t18-/m0/s1. The van der Waals surface area contributed by atoms with Crippen LogP contribution in [0.3, 0.4) is 0 Å². The fourth-order valence-electron chi connectivity index (χ4n) is 4.30. The van der Waals surface area contributed by atoms with Crippen molar-refractivity contribution in [2.75, 3.05) is 25.1 Å². The van der Waals surface area contributed by atoms with E-state index < -0.39 is 11.6 Å². The van der Waals surface area contributed by atoms with Crippen LogP contribution in [0.1, 0.15) is 17.8 Å². The number of ether oxygens (including phenoxy) is 1. The average molecular weight is 463 g/mol. The van der Waals surface area contributed by atoms with Crippen LogP contribution in [0.5, 0.6) is 5.75 Å². The smallest absolute Gasteiger partial charge is 0.258 e. The third-order valence-corrected chi connectivity index (χ3v) is 5.98. The third-order valence-electron chi connectivity index (χ3n) is 5.98. The molecule has 1 atom stereocenters. The number of aromatic amines is 1. The summed E-state index contributed by atoms with van der Waals surface area (Å²) >= 11 is 0. The molecule has 1 fully saturated rings. The monoisotopic (exact) mass is 463 g/mol. The zero-order chi connectivity index (χ0) is 23.8. The van der Waals surface area contributed by atoms with Gasteiger partial charge in [0.15, 0.2) is 0 Å². The first-order valence-electron chi connectivity index (χ1n) is 10.9. The Kier molecular flexibility index (Phi) is 5.70. The molecule has 0 aliphatic carbocycles. The lowest BCUT2D eigenvalue weighted by molar-refractivity contribution is 0.415. The van der Waals surface area contributed by atoms with Crippen LogP contribution in [-0.4, -0.2) is 41.2 Å². The quantitative estimate of drug-likeness (QED) is 0.471. The summed E-state index contributed by atoms with van der Waals surface area (Å²) in [6.45, 7) is 1.53. The molecule has 4 aromatic rings. The van der Waals surface area contributed by atoms with Gasteiger partial charge in [-0.3, -0.25) is 9.78 Å². The van der Waals surface area contributed by atoms with Crippen molar-refractivity contribution in [2.45, 2.75) is 18.9 Å². The van der Waals surface area contributed by atoms with Gasteiger partial charge in [-0.05, 0) is 42.3 Å². The Hall–Kier alpha value is -3.85. The molecule has 5 rings (SSSR count). The lowest BCUT2D eigenvalue weighted by Crippen LogP contribution is -2.26. The van der Waals surface area contributed by atoms with Gasteiger partial charge in [0.25, 0.3) is 5.56 Å². The van der Waals surface area contributed by atoms with Crippen molar-refractivity contribution >= 4 is 16.6 Å². The normalized spacial score (nSPS) is 15.8. The minimum absolute atomic E-state index is 0.0995. The number of H-pyrrole nitrogens is 1. The molecular formula is C25H23F2N5O2. The highest BCUT2D eigenvalue weighted by molar-refractivity contribution is 5.85. The number of rotatable bonds is 5. The van der Waals surface area contributed by atoms with Crippen molar-refractivity contribution in [1.29, 1.82) is 0 Å². The van der Waals surface area contributed by atoms with Gasteiger partial charge in [-0.1, -0.05) is 6.07 Å². The number of hydrogen-bond donors (Lipinski definition) is 2. The minimum atomic E-state index is -0.661. The number of aromatic nitrogens is 3. The van der Waals surface area contributed by atoms with Crippen molar-refractivity contribution in [3.8, 4) is 17.0 Å². The molecule has 0 spiro atoms. The summed E-state index contributed by atoms with van der Waals surface area (Å²) in [6, 6.07) is 10.4. The summed E-state index contributed by atoms with van der Waals surface area (Å²) in [7, 11) is 1.57. The van der Waals surface area contributed by atoms with Gasteiger partial charge < -0.3 is 20.4 Å². The predicted octanol–water partition coefficient (Wildman–Crippen LogP) is 3.40. The van der Waals surface area contributed by atoms with E-state index in [9.17, 15) is 13.6 Å². The summed E-state index contributed by atoms with van der Waals surface area (Å²) in [6.07, 6.45) is 2.83. The van der Waals surface area contributed by atoms with Crippen LogP contribution >= 0.6 is 0 Å². The molecule has 0 saturated carbocycles. The van der Waals surface area contributed by atoms with E-state index >= 15 is 0 Å². The topological polar surface area (TPSA) is 97.1 Å². The van der Waals surface area contributed by atoms with Gasteiger partial charge in [0, 0.05) is 43.4 Å². The molecular weight excluding hydrogens is 440 g/mol. The summed E-state index contributed by atoms with van der Waals surface area (Å²) < 4.78 is 32.6. The minimum Gasteiger partial charge on any atom is -0.495 e. The molecule has 0 radical (unpaired) electrons. The van der Waals surface area contributed by atoms with E-state index in [0.29, 0.717) is 46.7 Å². The van der Waals surface area contributed by atoms with Crippen molar-refractivity contribution in [3.05, 3.63) is 82.0 Å². The number of methoxy groups -OCH3 is 1. The third kappa shape index (κ3) is 4.34. The van der Waals surface area contributed by atoms with Gasteiger partial charge in [-0.2, -0.15) is 0 Å². The van der Waals surface area contributed by atoms with Gasteiger partial charge in [-0.25, -0.2) is 13.8 Å². The SMILES string of the molecule is COc1cc2c(=O)[nH]c(Cc3ccc(-c4cc(F)cc(F)c4)nc3)nc2cc1N1CC[C@H](N)C1. The van der Waals surface area contributed by atoms with Crippen LogP contribution in [0.25, 0.3) is 22.2 Å². The molecule has 9 heteroatoms. The van der Waals surface area contributed by atoms with E-state index in [2.05, 4.69) is 19.9 Å². The number of nitrogens with one attached hydrogen (secondary N) is 1. The highest BCUT2D eigenvalue weighted by atomic mass is 19.1. The molecule has 34 heavy (non-hydrogen) atoms. The second-order valence-corrected chi connectivity index (χ2v) is 8.44. The lowest BCUT2D eigenvalue weighted by atomic mass is 10.1. The van der Waals surface area contributed by atoms with Crippen LogP contribution in [0.15, 0.2) is 53.5 Å². The summed E-state index contributed by atoms with van der Waals surface area (Å²) in [5, 5.41) is 0.439. The zero-order valence-electron chi connectivity index (χ0n) is 18.5. The Morgan fingerprint density at radius 3 is 2.62 bits per heavy atom. The van der Waals surface area contributed by atoms with E-state index in [1.165, 1.54) is 12.1 Å². The van der Waals surface area contributed by atoms with E-state index in [4.69, 9.17) is 10.5 Å². The molecule has 1 aliphatic rings. The first kappa shape index (κ1) is 22.0.